The molecule has 0 aromatic heterocycles. The van der Waals surface area contributed by atoms with Crippen LogP contribution in [0, 0.1) is 5.92 Å². The fraction of sp³-hybridized carbons (Fsp3) is 0.571. The Balaban J connectivity index is 1.71. The van der Waals surface area contributed by atoms with Crippen LogP contribution < -0.4 is 10.2 Å². The number of amides is 2. The number of carbonyl (C=O) groups excluding carboxylic acids is 3. The van der Waals surface area contributed by atoms with E-state index in [4.69, 9.17) is 4.74 Å². The van der Waals surface area contributed by atoms with E-state index in [0.29, 0.717) is 23.7 Å². The van der Waals surface area contributed by atoms with Gasteiger partial charge in [0.25, 0.3) is 0 Å². The van der Waals surface area contributed by atoms with Crippen molar-refractivity contribution in [2.75, 3.05) is 23.9 Å². The summed E-state index contributed by atoms with van der Waals surface area (Å²) in [7, 11) is 1.30. The summed E-state index contributed by atoms with van der Waals surface area (Å²) in [5.74, 6) is 0.0819. The molecule has 3 rings (SSSR count). The van der Waals surface area contributed by atoms with Crippen LogP contribution in [0.15, 0.2) is 18.2 Å². The van der Waals surface area contributed by atoms with Gasteiger partial charge in [-0.25, -0.2) is 0 Å². The molecule has 1 aromatic rings. The van der Waals surface area contributed by atoms with E-state index in [0.717, 1.165) is 12.0 Å². The predicted molar refractivity (Wildman–Crippen MR) is 104 cm³/mol. The van der Waals surface area contributed by atoms with Crippen LogP contribution in [0.25, 0.3) is 0 Å². The molecule has 146 valence electrons. The molecule has 0 bridgehead atoms. The molecule has 6 heteroatoms. The SMILES string of the molecule is COC(=O)CN1C(=O)C(C)(C)c2cc(NC(=O)CCC3CCCC3)ccc21. The molecule has 0 saturated heterocycles. The smallest absolute Gasteiger partial charge is 0.325 e. The Hall–Kier alpha value is -2.37. The fourth-order valence-corrected chi connectivity index (χ4v) is 4.12. The van der Waals surface area contributed by atoms with E-state index < -0.39 is 11.4 Å². The summed E-state index contributed by atoms with van der Waals surface area (Å²) in [4.78, 5) is 38.1. The molecule has 2 aliphatic rings. The van der Waals surface area contributed by atoms with Gasteiger partial charge in [-0.2, -0.15) is 0 Å². The summed E-state index contributed by atoms with van der Waals surface area (Å²) >= 11 is 0. The standard InChI is InChI=1S/C21H28N2O4/c1-21(2)16-12-15(22-18(24)11-8-14-6-4-5-7-14)9-10-17(16)23(20(21)26)13-19(25)27-3/h9-10,12,14H,4-8,11,13H2,1-3H3,(H,22,24). The van der Waals surface area contributed by atoms with Crippen LogP contribution in [-0.4, -0.2) is 31.4 Å². The van der Waals surface area contributed by atoms with Crippen molar-refractivity contribution >= 4 is 29.2 Å². The molecule has 1 saturated carbocycles. The van der Waals surface area contributed by atoms with Crippen LogP contribution in [0.1, 0.15) is 57.9 Å². The van der Waals surface area contributed by atoms with Gasteiger partial charge in [0, 0.05) is 17.8 Å². The van der Waals surface area contributed by atoms with Gasteiger partial charge in [0.15, 0.2) is 0 Å². The Labute approximate surface area is 160 Å². The molecule has 1 heterocycles. The van der Waals surface area contributed by atoms with Crippen LogP contribution in [-0.2, 0) is 24.5 Å². The average Bonchev–Trinajstić information content (AvgIpc) is 3.22. The van der Waals surface area contributed by atoms with Crippen LogP contribution >= 0.6 is 0 Å². The third kappa shape index (κ3) is 3.99. The summed E-state index contributed by atoms with van der Waals surface area (Å²) in [6, 6.07) is 5.42. The summed E-state index contributed by atoms with van der Waals surface area (Å²) in [6.07, 6.45) is 6.49. The van der Waals surface area contributed by atoms with E-state index in [-0.39, 0.29) is 18.4 Å². The summed E-state index contributed by atoms with van der Waals surface area (Å²) in [5.41, 5.74) is 1.43. The Kier molecular flexibility index (Phi) is 5.53. The molecule has 6 nitrogen and oxygen atoms in total. The van der Waals surface area contributed by atoms with Crippen molar-refractivity contribution < 1.29 is 19.1 Å². The molecular formula is C21H28N2O4. The van der Waals surface area contributed by atoms with E-state index in [1.165, 1.54) is 37.7 Å². The number of methoxy groups -OCH3 is 1. The molecule has 0 radical (unpaired) electrons. The highest BCUT2D eigenvalue weighted by molar-refractivity contribution is 6.10. The van der Waals surface area contributed by atoms with Crippen molar-refractivity contribution in [2.45, 2.75) is 57.8 Å². The molecule has 1 N–H and O–H groups in total. The van der Waals surface area contributed by atoms with E-state index in [1.807, 2.05) is 19.9 Å². The number of rotatable bonds is 6. The van der Waals surface area contributed by atoms with Crippen molar-refractivity contribution in [1.82, 2.24) is 0 Å². The number of esters is 1. The Morgan fingerprint density at radius 3 is 2.63 bits per heavy atom. The molecule has 0 spiro atoms. The van der Waals surface area contributed by atoms with Crippen molar-refractivity contribution in [2.24, 2.45) is 5.92 Å². The number of hydrogen-bond donors (Lipinski definition) is 1. The zero-order valence-electron chi connectivity index (χ0n) is 16.3. The lowest BCUT2D eigenvalue weighted by atomic mass is 9.86. The maximum atomic E-state index is 12.7. The summed E-state index contributed by atoms with van der Waals surface area (Å²) in [5, 5.41) is 2.95. The van der Waals surface area contributed by atoms with Gasteiger partial charge in [-0.15, -0.1) is 0 Å². The minimum Gasteiger partial charge on any atom is -0.468 e. The molecule has 1 aliphatic carbocycles. The number of anilines is 2. The van der Waals surface area contributed by atoms with Gasteiger partial charge in [0.1, 0.15) is 6.54 Å². The second-order valence-electron chi connectivity index (χ2n) is 8.06. The number of benzene rings is 1. The molecule has 1 fully saturated rings. The number of fused-ring (bicyclic) bond motifs is 1. The van der Waals surface area contributed by atoms with E-state index in [9.17, 15) is 14.4 Å². The van der Waals surface area contributed by atoms with Crippen LogP contribution in [0.2, 0.25) is 0 Å². The lowest BCUT2D eigenvalue weighted by Gasteiger charge is -2.19. The largest absolute Gasteiger partial charge is 0.468 e. The zero-order chi connectivity index (χ0) is 19.6. The Bertz CT molecular complexity index is 751. The first-order valence-corrected chi connectivity index (χ1v) is 9.66. The van der Waals surface area contributed by atoms with Gasteiger partial charge in [-0.05, 0) is 49.9 Å². The summed E-state index contributed by atoms with van der Waals surface area (Å²) < 4.78 is 4.70. The molecule has 27 heavy (non-hydrogen) atoms. The van der Waals surface area contributed by atoms with Gasteiger partial charge in [-0.1, -0.05) is 25.7 Å². The van der Waals surface area contributed by atoms with Gasteiger partial charge in [0.05, 0.1) is 12.5 Å². The third-order valence-corrected chi connectivity index (χ3v) is 5.79. The first-order chi connectivity index (χ1) is 12.8. The van der Waals surface area contributed by atoms with Crippen molar-refractivity contribution in [3.8, 4) is 0 Å². The van der Waals surface area contributed by atoms with Crippen LogP contribution in [0.3, 0.4) is 0 Å². The fourth-order valence-electron chi connectivity index (χ4n) is 4.12. The minimum absolute atomic E-state index is 0.00963. The normalized spacial score (nSPS) is 18.5. The van der Waals surface area contributed by atoms with E-state index in [2.05, 4.69) is 5.32 Å². The van der Waals surface area contributed by atoms with Gasteiger partial charge in [-0.3, -0.25) is 14.4 Å². The van der Waals surface area contributed by atoms with Gasteiger partial charge in [0.2, 0.25) is 11.8 Å². The van der Waals surface area contributed by atoms with Crippen LogP contribution in [0.5, 0.6) is 0 Å². The lowest BCUT2D eigenvalue weighted by Crippen LogP contribution is -2.39. The topological polar surface area (TPSA) is 75.7 Å². The maximum Gasteiger partial charge on any atom is 0.325 e. The maximum absolute atomic E-state index is 12.7. The number of carbonyl (C=O) groups is 3. The number of ether oxygens (including phenoxy) is 1. The average molecular weight is 372 g/mol. The number of hydrogen-bond acceptors (Lipinski definition) is 4. The molecule has 1 aromatic carbocycles. The quantitative estimate of drug-likeness (QED) is 0.777. The minimum atomic E-state index is -0.756. The monoisotopic (exact) mass is 372 g/mol. The van der Waals surface area contributed by atoms with Gasteiger partial charge < -0.3 is 15.0 Å². The van der Waals surface area contributed by atoms with Crippen molar-refractivity contribution in [3.05, 3.63) is 23.8 Å². The molecule has 0 unspecified atom stereocenters. The highest BCUT2D eigenvalue weighted by atomic mass is 16.5. The second kappa shape index (κ2) is 7.71. The first-order valence-electron chi connectivity index (χ1n) is 9.66. The highest BCUT2D eigenvalue weighted by Crippen LogP contribution is 2.42. The molecule has 1 aliphatic heterocycles. The third-order valence-electron chi connectivity index (χ3n) is 5.79. The molecule has 0 atom stereocenters. The van der Waals surface area contributed by atoms with Gasteiger partial charge >= 0.3 is 5.97 Å². The highest BCUT2D eigenvalue weighted by Gasteiger charge is 2.44. The van der Waals surface area contributed by atoms with E-state index >= 15 is 0 Å². The zero-order valence-corrected chi connectivity index (χ0v) is 16.3. The number of nitrogens with zero attached hydrogens (tertiary/aromatic N) is 1. The molecular weight excluding hydrogens is 344 g/mol. The van der Waals surface area contributed by atoms with E-state index in [1.54, 1.807) is 12.1 Å². The molecule has 2 amide bonds. The van der Waals surface area contributed by atoms with Crippen molar-refractivity contribution in [3.63, 3.8) is 0 Å². The van der Waals surface area contributed by atoms with Crippen LogP contribution in [0.4, 0.5) is 11.4 Å². The first kappa shape index (κ1) is 19.4. The number of nitrogens with one attached hydrogen (secondary N) is 1. The Morgan fingerprint density at radius 2 is 1.96 bits per heavy atom. The summed E-state index contributed by atoms with van der Waals surface area (Å²) in [6.45, 7) is 3.55. The van der Waals surface area contributed by atoms with Crippen molar-refractivity contribution in [1.29, 1.82) is 0 Å². The lowest BCUT2D eigenvalue weighted by molar-refractivity contribution is -0.140. The Morgan fingerprint density at radius 1 is 1.26 bits per heavy atom. The second-order valence-corrected chi connectivity index (χ2v) is 8.06. The predicted octanol–water partition coefficient (Wildman–Crippen LogP) is 3.39.